The van der Waals surface area contributed by atoms with Gasteiger partial charge in [0.2, 0.25) is 5.91 Å². The zero-order valence-corrected chi connectivity index (χ0v) is 14.3. The lowest BCUT2D eigenvalue weighted by molar-refractivity contribution is -0.126. The van der Waals surface area contributed by atoms with Crippen LogP contribution >= 0.6 is 0 Å². The fourth-order valence-corrected chi connectivity index (χ4v) is 2.91. The van der Waals surface area contributed by atoms with Gasteiger partial charge < -0.3 is 10.1 Å². The molecule has 0 aromatic heterocycles. The molecule has 0 aromatic carbocycles. The number of amides is 2. The normalized spacial score (nSPS) is 24.6. The lowest BCUT2D eigenvalue weighted by atomic mass is 9.85. The number of aliphatic imine (C=N–C) groups is 1. The summed E-state index contributed by atoms with van der Waals surface area (Å²) in [5, 5.41) is 2.87. The maximum atomic E-state index is 12.2. The average Bonchev–Trinajstić information content (AvgIpc) is 2.96. The molecule has 0 saturated heterocycles. The number of alkyl carbamates (subject to hydrolysis) is 1. The first-order chi connectivity index (χ1) is 10.8. The van der Waals surface area contributed by atoms with Gasteiger partial charge in [-0.3, -0.25) is 20.6 Å². The predicted molar refractivity (Wildman–Crippen MR) is 87.9 cm³/mol. The van der Waals surface area contributed by atoms with Crippen molar-refractivity contribution < 1.29 is 14.3 Å². The Hall–Kier alpha value is -1.79. The summed E-state index contributed by atoms with van der Waals surface area (Å²) in [6.07, 6.45) is 4.77. The zero-order valence-electron chi connectivity index (χ0n) is 14.3. The smallest absolute Gasteiger partial charge is 0.407 e. The first kappa shape index (κ1) is 17.6. The van der Waals surface area contributed by atoms with Crippen molar-refractivity contribution in [3.05, 3.63) is 0 Å². The number of nitrogens with zero attached hydrogens (tertiary/aromatic N) is 1. The van der Waals surface area contributed by atoms with Crippen molar-refractivity contribution in [2.45, 2.75) is 70.9 Å². The molecule has 1 aliphatic heterocycles. The minimum Gasteiger partial charge on any atom is -0.444 e. The summed E-state index contributed by atoms with van der Waals surface area (Å²) in [5.41, 5.74) is 5.13. The third-order valence-corrected chi connectivity index (χ3v) is 3.97. The molecule has 1 aliphatic carbocycles. The first-order valence-corrected chi connectivity index (χ1v) is 8.42. The van der Waals surface area contributed by atoms with Crippen LogP contribution in [0.1, 0.15) is 59.3 Å². The summed E-state index contributed by atoms with van der Waals surface area (Å²) in [7, 11) is 0. The van der Waals surface area contributed by atoms with E-state index in [1.807, 2.05) is 20.8 Å². The highest BCUT2D eigenvalue weighted by molar-refractivity contribution is 5.87. The van der Waals surface area contributed by atoms with Crippen LogP contribution in [-0.4, -0.2) is 36.0 Å². The Morgan fingerprint density at radius 1 is 1.22 bits per heavy atom. The van der Waals surface area contributed by atoms with E-state index in [0.29, 0.717) is 6.42 Å². The lowest BCUT2D eigenvalue weighted by Crippen LogP contribution is -2.48. The van der Waals surface area contributed by atoms with E-state index in [9.17, 15) is 9.59 Å². The molecule has 3 N–H and O–H groups in total. The van der Waals surface area contributed by atoms with Gasteiger partial charge in [0.1, 0.15) is 11.4 Å². The van der Waals surface area contributed by atoms with E-state index in [1.54, 1.807) is 0 Å². The van der Waals surface area contributed by atoms with E-state index in [0.717, 1.165) is 44.5 Å². The van der Waals surface area contributed by atoms with Gasteiger partial charge in [0.15, 0.2) is 0 Å². The Morgan fingerprint density at radius 2 is 2.00 bits per heavy atom. The lowest BCUT2D eigenvalue weighted by Gasteiger charge is -2.30. The van der Waals surface area contributed by atoms with Crippen LogP contribution in [0.4, 0.5) is 4.79 Å². The van der Waals surface area contributed by atoms with Crippen molar-refractivity contribution in [2.75, 3.05) is 6.54 Å². The highest BCUT2D eigenvalue weighted by Gasteiger charge is 2.29. The summed E-state index contributed by atoms with van der Waals surface area (Å²) in [6, 6.07) is -0.0156. The number of hydrogen-bond donors (Lipinski definition) is 3. The molecule has 0 bridgehead atoms. The second-order valence-corrected chi connectivity index (χ2v) is 7.25. The molecular weight excluding hydrogens is 296 g/mol. The third-order valence-electron chi connectivity index (χ3n) is 3.97. The number of carbonyl (C=O) groups is 2. The number of hydrazine groups is 1. The molecule has 130 valence electrons. The van der Waals surface area contributed by atoms with Gasteiger partial charge in [0.05, 0.1) is 0 Å². The fraction of sp³-hybridized carbons (Fsp3) is 0.812. The van der Waals surface area contributed by atoms with Crippen LogP contribution in [-0.2, 0) is 9.53 Å². The largest absolute Gasteiger partial charge is 0.444 e. The Bertz CT molecular complexity index is 470. The van der Waals surface area contributed by atoms with Crippen LogP contribution < -0.4 is 16.2 Å². The van der Waals surface area contributed by atoms with Crippen LogP contribution in [0.15, 0.2) is 4.99 Å². The number of ether oxygens (including phenoxy) is 1. The molecule has 1 saturated carbocycles. The van der Waals surface area contributed by atoms with Crippen molar-refractivity contribution in [2.24, 2.45) is 10.9 Å². The summed E-state index contributed by atoms with van der Waals surface area (Å²) in [6.45, 7) is 6.33. The average molecular weight is 324 g/mol. The van der Waals surface area contributed by atoms with E-state index in [2.05, 4.69) is 21.2 Å². The van der Waals surface area contributed by atoms with Gasteiger partial charge in [-0.25, -0.2) is 4.79 Å². The van der Waals surface area contributed by atoms with Gasteiger partial charge in [-0.2, -0.15) is 0 Å². The van der Waals surface area contributed by atoms with E-state index < -0.39 is 11.7 Å². The van der Waals surface area contributed by atoms with Crippen LogP contribution in [0.25, 0.3) is 0 Å². The van der Waals surface area contributed by atoms with Gasteiger partial charge in [-0.15, -0.1) is 0 Å². The molecule has 2 rings (SSSR count). The van der Waals surface area contributed by atoms with E-state index >= 15 is 0 Å². The quantitative estimate of drug-likeness (QED) is 0.676. The van der Waals surface area contributed by atoms with Crippen LogP contribution in [0.2, 0.25) is 0 Å². The molecule has 0 radical (unpaired) electrons. The minimum atomic E-state index is -0.512. The molecule has 0 spiro atoms. The Morgan fingerprint density at radius 3 is 2.65 bits per heavy atom. The molecule has 2 atom stereocenters. The first-order valence-electron chi connectivity index (χ1n) is 8.42. The van der Waals surface area contributed by atoms with E-state index in [1.165, 1.54) is 0 Å². The van der Waals surface area contributed by atoms with Gasteiger partial charge in [-0.05, 0) is 46.5 Å². The summed E-state index contributed by atoms with van der Waals surface area (Å²) in [4.78, 5) is 28.3. The number of carbonyl (C=O) groups excluding carboxylic acids is 2. The van der Waals surface area contributed by atoms with Crippen LogP contribution in [0, 0.1) is 5.92 Å². The van der Waals surface area contributed by atoms with Gasteiger partial charge in [0, 0.05) is 24.9 Å². The summed E-state index contributed by atoms with van der Waals surface area (Å²) >= 11 is 0. The molecular formula is C16H28N4O3. The summed E-state index contributed by atoms with van der Waals surface area (Å²) < 4.78 is 5.27. The monoisotopic (exact) mass is 324 g/mol. The van der Waals surface area contributed by atoms with Crippen LogP contribution in [0.5, 0.6) is 0 Å². The molecule has 23 heavy (non-hydrogen) atoms. The van der Waals surface area contributed by atoms with Crippen molar-refractivity contribution in [3.63, 3.8) is 0 Å². The highest BCUT2D eigenvalue weighted by atomic mass is 16.6. The minimum absolute atomic E-state index is 0.0156. The molecule has 2 amide bonds. The Labute approximate surface area is 137 Å². The number of amidine groups is 1. The second kappa shape index (κ2) is 7.66. The molecule has 7 heteroatoms. The highest BCUT2D eigenvalue weighted by Crippen LogP contribution is 2.24. The molecule has 1 heterocycles. The topological polar surface area (TPSA) is 91.8 Å². The van der Waals surface area contributed by atoms with Gasteiger partial charge in [-0.1, -0.05) is 6.42 Å². The summed E-state index contributed by atoms with van der Waals surface area (Å²) in [5.74, 6) is 0.714. The number of nitrogens with one attached hydrogen (secondary N) is 3. The molecule has 1 fully saturated rings. The van der Waals surface area contributed by atoms with Crippen molar-refractivity contribution in [1.82, 2.24) is 16.2 Å². The zero-order chi connectivity index (χ0) is 16.9. The standard InChI is InChI=1S/C16H28N4O3/c1-16(2,3)23-15(22)18-12-7-4-6-11(10-12)14(21)20-19-13-8-5-9-17-13/h11-12H,4-10H2,1-3H3,(H,17,19)(H,18,22)(H,20,21)/t11-,12+/m0/s1. The van der Waals surface area contributed by atoms with E-state index in [4.69, 9.17) is 4.74 Å². The van der Waals surface area contributed by atoms with Crippen molar-refractivity contribution in [1.29, 1.82) is 0 Å². The van der Waals surface area contributed by atoms with Crippen molar-refractivity contribution >= 4 is 17.8 Å². The van der Waals surface area contributed by atoms with E-state index in [-0.39, 0.29) is 17.9 Å². The molecule has 2 aliphatic rings. The van der Waals surface area contributed by atoms with Crippen molar-refractivity contribution in [3.8, 4) is 0 Å². The maximum Gasteiger partial charge on any atom is 0.407 e. The Kier molecular flexibility index (Phi) is 5.85. The number of hydrogen-bond acceptors (Lipinski definition) is 5. The molecule has 7 nitrogen and oxygen atoms in total. The predicted octanol–water partition coefficient (Wildman–Crippen LogP) is 1.88. The van der Waals surface area contributed by atoms with Gasteiger partial charge >= 0.3 is 6.09 Å². The Balaban J connectivity index is 1.75. The maximum absolute atomic E-state index is 12.2. The molecule has 0 unspecified atom stereocenters. The second-order valence-electron chi connectivity index (χ2n) is 7.25. The number of rotatable bonds is 2. The molecule has 0 aromatic rings. The van der Waals surface area contributed by atoms with Crippen LogP contribution in [0.3, 0.4) is 0 Å². The van der Waals surface area contributed by atoms with Gasteiger partial charge in [0.25, 0.3) is 0 Å². The third kappa shape index (κ3) is 6.08. The SMILES string of the molecule is CC(C)(C)OC(=O)N[C@@H]1CCC[C@H](C(=O)NNC2=NCCC2)C1. The fourth-order valence-electron chi connectivity index (χ4n) is 2.91.